The molecule has 2 bridgehead atoms. The van der Waals surface area contributed by atoms with Crippen LogP contribution in [0.2, 0.25) is 0 Å². The third kappa shape index (κ3) is 2.40. The van der Waals surface area contributed by atoms with Gasteiger partial charge in [0.2, 0.25) is 11.8 Å². The van der Waals surface area contributed by atoms with Crippen molar-refractivity contribution < 1.29 is 19.1 Å². The summed E-state index contributed by atoms with van der Waals surface area (Å²) in [5.74, 6) is -0.701. The van der Waals surface area contributed by atoms with Crippen molar-refractivity contribution in [2.45, 2.75) is 13.0 Å². The topological polar surface area (TPSA) is 133 Å². The smallest absolute Gasteiger partial charge is 0.326 e. The van der Waals surface area contributed by atoms with Crippen molar-refractivity contribution in [3.05, 3.63) is 24.8 Å². The first-order valence-corrected chi connectivity index (χ1v) is 9.15. The van der Waals surface area contributed by atoms with Crippen molar-refractivity contribution in [3.8, 4) is 0 Å². The second kappa shape index (κ2) is 6.11. The maximum Gasteiger partial charge on any atom is 0.326 e. The SMILES string of the molecule is Nc1ncnc2c1ncn2CC(=O)OCCN1C(=O)C2C3C=CC(C3)C2C1=O. The van der Waals surface area contributed by atoms with Crippen molar-refractivity contribution in [2.75, 3.05) is 18.9 Å². The number of allylic oxidation sites excluding steroid dienone is 2. The highest BCUT2D eigenvalue weighted by molar-refractivity contribution is 6.06. The van der Waals surface area contributed by atoms with E-state index in [4.69, 9.17) is 10.5 Å². The Kier molecular flexibility index (Phi) is 3.68. The fraction of sp³-hybridized carbons (Fsp3) is 0.444. The lowest BCUT2D eigenvalue weighted by Crippen LogP contribution is -2.36. The lowest BCUT2D eigenvalue weighted by Gasteiger charge is -2.17. The maximum absolute atomic E-state index is 12.6. The first-order valence-electron chi connectivity index (χ1n) is 9.15. The Labute approximate surface area is 159 Å². The molecule has 2 fully saturated rings. The number of anilines is 1. The van der Waals surface area contributed by atoms with Crippen LogP contribution in [0.3, 0.4) is 0 Å². The standard InChI is InChI=1S/C18H18N6O4/c19-15-14-16(21-7-20-15)23(8-22-14)6-11(25)28-4-3-24-17(26)12-9-1-2-10(5-9)13(12)18(24)27/h1-2,7-10,12-13H,3-6H2,(H2,19,20,21). The number of carbonyl (C=O) groups excluding carboxylic acids is 3. The van der Waals surface area contributed by atoms with E-state index < -0.39 is 5.97 Å². The van der Waals surface area contributed by atoms with E-state index in [9.17, 15) is 14.4 Å². The maximum atomic E-state index is 12.6. The van der Waals surface area contributed by atoms with Gasteiger partial charge in [-0.3, -0.25) is 19.3 Å². The molecule has 10 heteroatoms. The minimum absolute atomic E-state index is 0.0394. The molecule has 2 amide bonds. The number of hydrogen-bond donors (Lipinski definition) is 1. The number of ether oxygens (including phenoxy) is 1. The fourth-order valence-electron chi connectivity index (χ4n) is 4.63. The van der Waals surface area contributed by atoms with Gasteiger partial charge in [0.05, 0.1) is 24.7 Å². The number of nitrogens with two attached hydrogens (primary N) is 1. The Bertz CT molecular complexity index is 1000. The van der Waals surface area contributed by atoms with Gasteiger partial charge in [0.15, 0.2) is 11.5 Å². The van der Waals surface area contributed by atoms with Crippen LogP contribution in [-0.4, -0.2) is 55.4 Å². The number of esters is 1. The monoisotopic (exact) mass is 382 g/mol. The number of imide groups is 1. The zero-order valence-corrected chi connectivity index (χ0v) is 14.9. The molecule has 0 spiro atoms. The number of rotatable bonds is 5. The van der Waals surface area contributed by atoms with E-state index in [-0.39, 0.29) is 61.0 Å². The number of aromatic nitrogens is 4. The molecule has 3 aliphatic rings. The van der Waals surface area contributed by atoms with Crippen molar-refractivity contribution in [3.63, 3.8) is 0 Å². The van der Waals surface area contributed by atoms with Crippen LogP contribution in [-0.2, 0) is 25.7 Å². The minimum Gasteiger partial charge on any atom is -0.462 e. The summed E-state index contributed by atoms with van der Waals surface area (Å²) in [5.41, 5.74) is 6.57. The Morgan fingerprint density at radius 2 is 1.86 bits per heavy atom. The molecule has 1 saturated carbocycles. The van der Waals surface area contributed by atoms with E-state index in [0.29, 0.717) is 11.2 Å². The summed E-state index contributed by atoms with van der Waals surface area (Å²) in [6, 6.07) is 0. The van der Waals surface area contributed by atoms with Gasteiger partial charge < -0.3 is 15.0 Å². The van der Waals surface area contributed by atoms with Gasteiger partial charge in [-0.05, 0) is 18.3 Å². The summed E-state index contributed by atoms with van der Waals surface area (Å²) in [5, 5.41) is 0. The molecule has 2 aromatic rings. The summed E-state index contributed by atoms with van der Waals surface area (Å²) >= 11 is 0. The highest BCUT2D eigenvalue weighted by atomic mass is 16.5. The zero-order valence-electron chi connectivity index (χ0n) is 14.9. The molecule has 2 N–H and O–H groups in total. The predicted molar refractivity (Wildman–Crippen MR) is 95.1 cm³/mol. The Hall–Kier alpha value is -3.30. The van der Waals surface area contributed by atoms with Crippen LogP contribution in [0, 0.1) is 23.7 Å². The van der Waals surface area contributed by atoms with Gasteiger partial charge in [-0.1, -0.05) is 12.2 Å². The summed E-state index contributed by atoms with van der Waals surface area (Å²) in [7, 11) is 0. The predicted octanol–water partition coefficient (Wildman–Crippen LogP) is -0.241. The minimum atomic E-state index is -0.516. The molecule has 4 atom stereocenters. The Balaban J connectivity index is 1.18. The van der Waals surface area contributed by atoms with Crippen LogP contribution in [0.4, 0.5) is 5.82 Å². The van der Waals surface area contributed by atoms with E-state index in [1.165, 1.54) is 22.1 Å². The Morgan fingerprint density at radius 1 is 1.14 bits per heavy atom. The first-order chi connectivity index (χ1) is 13.5. The van der Waals surface area contributed by atoms with E-state index in [1.807, 2.05) is 12.2 Å². The third-order valence-corrected chi connectivity index (χ3v) is 5.87. The molecule has 4 unspecified atom stereocenters. The van der Waals surface area contributed by atoms with Gasteiger partial charge in [0.1, 0.15) is 25.0 Å². The highest BCUT2D eigenvalue weighted by Crippen LogP contribution is 2.52. The highest BCUT2D eigenvalue weighted by Gasteiger charge is 2.59. The second-order valence-corrected chi connectivity index (χ2v) is 7.35. The molecule has 28 heavy (non-hydrogen) atoms. The number of hydrogen-bond acceptors (Lipinski definition) is 8. The quantitative estimate of drug-likeness (QED) is 0.425. The average molecular weight is 382 g/mol. The number of carbonyl (C=O) groups is 3. The van der Waals surface area contributed by atoms with Crippen LogP contribution in [0.5, 0.6) is 0 Å². The molecule has 0 aromatic carbocycles. The zero-order chi connectivity index (χ0) is 19.4. The number of nitrogens with zero attached hydrogens (tertiary/aromatic N) is 5. The number of imidazole rings is 1. The number of amides is 2. The summed E-state index contributed by atoms with van der Waals surface area (Å²) in [4.78, 5) is 50.6. The molecular formula is C18H18N6O4. The van der Waals surface area contributed by atoms with Gasteiger partial charge in [0.25, 0.3) is 0 Å². The largest absolute Gasteiger partial charge is 0.462 e. The Morgan fingerprint density at radius 3 is 2.57 bits per heavy atom. The van der Waals surface area contributed by atoms with Crippen LogP contribution >= 0.6 is 0 Å². The molecule has 10 nitrogen and oxygen atoms in total. The molecule has 0 radical (unpaired) electrons. The van der Waals surface area contributed by atoms with Crippen molar-refractivity contribution >= 4 is 34.8 Å². The molecule has 144 valence electrons. The van der Waals surface area contributed by atoms with Gasteiger partial charge in [-0.15, -0.1) is 0 Å². The summed E-state index contributed by atoms with van der Waals surface area (Å²) in [6.45, 7) is -0.0634. The number of nitrogen functional groups attached to an aromatic ring is 1. The lowest BCUT2D eigenvalue weighted by molar-refractivity contribution is -0.149. The van der Waals surface area contributed by atoms with Crippen LogP contribution in [0.1, 0.15) is 6.42 Å². The van der Waals surface area contributed by atoms with Gasteiger partial charge in [-0.2, -0.15) is 0 Å². The van der Waals surface area contributed by atoms with Crippen LogP contribution in [0.25, 0.3) is 11.2 Å². The second-order valence-electron chi connectivity index (χ2n) is 7.35. The van der Waals surface area contributed by atoms with Gasteiger partial charge >= 0.3 is 5.97 Å². The van der Waals surface area contributed by atoms with E-state index in [1.54, 1.807) is 0 Å². The summed E-state index contributed by atoms with van der Waals surface area (Å²) < 4.78 is 6.73. The molecular weight excluding hydrogens is 364 g/mol. The van der Waals surface area contributed by atoms with Crippen LogP contribution < -0.4 is 5.73 Å². The van der Waals surface area contributed by atoms with Crippen molar-refractivity contribution in [1.82, 2.24) is 24.4 Å². The summed E-state index contributed by atoms with van der Waals surface area (Å²) in [6.07, 6.45) is 7.72. The third-order valence-electron chi connectivity index (χ3n) is 5.87. The average Bonchev–Trinajstić information content (AvgIpc) is 3.43. The molecule has 1 saturated heterocycles. The van der Waals surface area contributed by atoms with E-state index in [2.05, 4.69) is 15.0 Å². The van der Waals surface area contributed by atoms with Crippen molar-refractivity contribution in [1.29, 1.82) is 0 Å². The molecule has 3 heterocycles. The molecule has 1 aliphatic heterocycles. The van der Waals surface area contributed by atoms with E-state index >= 15 is 0 Å². The van der Waals surface area contributed by atoms with Gasteiger partial charge in [0, 0.05) is 0 Å². The van der Waals surface area contributed by atoms with Crippen LogP contribution in [0.15, 0.2) is 24.8 Å². The molecule has 2 aliphatic carbocycles. The first kappa shape index (κ1) is 16.8. The molecule has 5 rings (SSSR count). The van der Waals surface area contributed by atoms with Gasteiger partial charge in [-0.25, -0.2) is 15.0 Å². The normalized spacial score (nSPS) is 27.8. The number of likely N-dealkylation sites (tertiary alicyclic amines) is 1. The lowest BCUT2D eigenvalue weighted by atomic mass is 9.85. The fourth-order valence-corrected chi connectivity index (χ4v) is 4.63. The molecule has 2 aromatic heterocycles. The van der Waals surface area contributed by atoms with E-state index in [0.717, 1.165) is 6.42 Å². The van der Waals surface area contributed by atoms with Crippen molar-refractivity contribution in [2.24, 2.45) is 23.7 Å². The number of fused-ring (bicyclic) bond motifs is 6.